The molecule has 0 saturated carbocycles. The summed E-state index contributed by atoms with van der Waals surface area (Å²) in [6.07, 6.45) is 0.646. The maximum Gasteiger partial charge on any atom is 0.251 e. The van der Waals surface area contributed by atoms with Crippen LogP contribution in [0.2, 0.25) is 0 Å². The van der Waals surface area contributed by atoms with Gasteiger partial charge in [0.2, 0.25) is 5.91 Å². The molecule has 0 bridgehead atoms. The zero-order valence-corrected chi connectivity index (χ0v) is 18.7. The number of ether oxygens (including phenoxy) is 1. The lowest BCUT2D eigenvalue weighted by Crippen LogP contribution is -2.52. The first-order valence-corrected chi connectivity index (χ1v) is 11.2. The molecule has 3 aliphatic rings. The highest BCUT2D eigenvalue weighted by molar-refractivity contribution is 6.00. The minimum absolute atomic E-state index is 0.0918. The second-order valence-corrected chi connectivity index (χ2v) is 9.55. The number of guanidine groups is 1. The summed E-state index contributed by atoms with van der Waals surface area (Å²) in [5.74, 6) is 0.427. The number of aliphatic hydroxyl groups is 1. The van der Waals surface area contributed by atoms with Crippen molar-refractivity contribution in [1.82, 2.24) is 10.2 Å². The van der Waals surface area contributed by atoms with Crippen LogP contribution in [0, 0.1) is 0 Å². The van der Waals surface area contributed by atoms with Crippen molar-refractivity contribution in [1.29, 1.82) is 0 Å². The topological polar surface area (TPSA) is 117 Å². The number of nitrogens with two attached hydrogens (primary N) is 1. The largest absolute Gasteiger partial charge is 0.493 e. The Bertz CT molecular complexity index is 1160. The highest BCUT2D eigenvalue weighted by Gasteiger charge is 2.39. The number of carbonyl (C=O) groups is 2. The molecule has 172 valence electrons. The van der Waals surface area contributed by atoms with E-state index in [1.54, 1.807) is 18.2 Å². The van der Waals surface area contributed by atoms with Crippen molar-refractivity contribution in [3.63, 3.8) is 0 Å². The van der Waals surface area contributed by atoms with Crippen LogP contribution < -0.4 is 15.8 Å². The summed E-state index contributed by atoms with van der Waals surface area (Å²) >= 11 is 0. The van der Waals surface area contributed by atoms with Crippen LogP contribution in [0.15, 0.2) is 47.5 Å². The molecule has 0 aromatic heterocycles. The van der Waals surface area contributed by atoms with Gasteiger partial charge in [-0.25, -0.2) is 4.99 Å². The van der Waals surface area contributed by atoms with Gasteiger partial charge < -0.3 is 20.9 Å². The lowest BCUT2D eigenvalue weighted by Gasteiger charge is -2.39. The fourth-order valence-electron chi connectivity index (χ4n) is 5.08. The quantitative estimate of drug-likeness (QED) is 0.666. The van der Waals surface area contributed by atoms with Gasteiger partial charge in [0.25, 0.3) is 5.91 Å². The van der Waals surface area contributed by atoms with E-state index in [9.17, 15) is 14.7 Å². The third kappa shape index (κ3) is 3.84. The fourth-order valence-corrected chi connectivity index (χ4v) is 5.08. The summed E-state index contributed by atoms with van der Waals surface area (Å²) in [7, 11) is 0. The maximum atomic E-state index is 13.1. The molecule has 2 aliphatic heterocycles. The van der Waals surface area contributed by atoms with Gasteiger partial charge in [-0.05, 0) is 43.2 Å². The summed E-state index contributed by atoms with van der Waals surface area (Å²) in [6, 6.07) is 12.1. The number of rotatable bonds is 3. The number of aliphatic imine (C=N–C) groups is 1. The van der Waals surface area contributed by atoms with Crippen molar-refractivity contribution >= 4 is 17.8 Å². The van der Waals surface area contributed by atoms with Crippen molar-refractivity contribution < 1.29 is 19.4 Å². The third-order valence-corrected chi connectivity index (χ3v) is 6.60. The van der Waals surface area contributed by atoms with Gasteiger partial charge in [-0.1, -0.05) is 24.3 Å². The van der Waals surface area contributed by atoms with Gasteiger partial charge in [0.15, 0.2) is 5.96 Å². The normalized spacial score (nSPS) is 25.5. The van der Waals surface area contributed by atoms with E-state index in [2.05, 4.69) is 10.3 Å². The van der Waals surface area contributed by atoms with E-state index in [0.717, 1.165) is 16.7 Å². The minimum atomic E-state index is -0.676. The zero-order valence-electron chi connectivity index (χ0n) is 18.7. The summed E-state index contributed by atoms with van der Waals surface area (Å²) in [5, 5.41) is 13.5. The van der Waals surface area contributed by atoms with E-state index in [-0.39, 0.29) is 30.2 Å². The molecule has 8 nitrogen and oxygen atoms in total. The second-order valence-electron chi connectivity index (χ2n) is 9.55. The number of nitrogens with zero attached hydrogens (tertiary/aromatic N) is 2. The first kappa shape index (κ1) is 21.5. The van der Waals surface area contributed by atoms with Crippen molar-refractivity contribution in [2.45, 2.75) is 56.8 Å². The Hall–Kier alpha value is -3.39. The molecule has 0 unspecified atom stereocenters. The molecule has 2 aromatic rings. The van der Waals surface area contributed by atoms with Crippen molar-refractivity contribution in [3.05, 3.63) is 64.7 Å². The molecule has 2 aromatic carbocycles. The fraction of sp³-hybridized carbons (Fsp3) is 0.400. The Morgan fingerprint density at radius 1 is 1.24 bits per heavy atom. The van der Waals surface area contributed by atoms with Crippen LogP contribution in [-0.2, 0) is 11.2 Å². The van der Waals surface area contributed by atoms with Crippen LogP contribution in [0.25, 0.3) is 0 Å². The predicted octanol–water partition coefficient (Wildman–Crippen LogP) is 2.22. The van der Waals surface area contributed by atoms with Gasteiger partial charge in [0, 0.05) is 24.0 Å². The monoisotopic (exact) mass is 448 g/mol. The van der Waals surface area contributed by atoms with Gasteiger partial charge in [-0.15, -0.1) is 0 Å². The van der Waals surface area contributed by atoms with Crippen LogP contribution in [0.5, 0.6) is 5.75 Å². The molecule has 5 rings (SSSR count). The smallest absolute Gasteiger partial charge is 0.251 e. The number of hydrogen-bond acceptors (Lipinski definition) is 6. The van der Waals surface area contributed by atoms with Crippen LogP contribution in [0.1, 0.15) is 65.8 Å². The van der Waals surface area contributed by atoms with Gasteiger partial charge in [0.1, 0.15) is 5.75 Å². The van der Waals surface area contributed by atoms with E-state index in [1.165, 1.54) is 4.90 Å². The molecule has 2 amide bonds. The number of nitrogens with one attached hydrogen (secondary N) is 1. The molecule has 4 N–H and O–H groups in total. The average Bonchev–Trinajstić information content (AvgIpc) is 3.07. The first-order chi connectivity index (χ1) is 15.7. The van der Waals surface area contributed by atoms with Gasteiger partial charge in [-0.2, -0.15) is 0 Å². The lowest BCUT2D eigenvalue weighted by molar-refractivity contribution is -0.131. The summed E-state index contributed by atoms with van der Waals surface area (Å²) in [4.78, 5) is 32.1. The number of aliphatic hydroxyl groups excluding tert-OH is 1. The van der Waals surface area contributed by atoms with E-state index < -0.39 is 17.7 Å². The minimum Gasteiger partial charge on any atom is -0.493 e. The third-order valence-electron chi connectivity index (χ3n) is 6.60. The maximum absolute atomic E-state index is 13.1. The molecule has 1 aliphatic carbocycles. The molecule has 2 heterocycles. The standard InChI is InChI=1S/C25H28N4O4/c1-25(2)13-21(31)29(24(26)28-25)18-9-10-33-20-8-7-15(11-17(18)20)23(32)27-22-16-6-4-3-5-14(16)12-19(22)30/h3-8,11,18-19,22,30H,9-10,12-13H2,1-2H3,(H2,26,28)(H,27,32)/t18-,19-,22-/m1/s1. The van der Waals surface area contributed by atoms with Crippen LogP contribution >= 0.6 is 0 Å². The number of amides is 2. The lowest BCUT2D eigenvalue weighted by atomic mass is 9.93. The molecule has 3 atom stereocenters. The van der Waals surface area contributed by atoms with Crippen molar-refractivity contribution in [2.24, 2.45) is 10.7 Å². The van der Waals surface area contributed by atoms with E-state index in [0.29, 0.717) is 30.8 Å². The van der Waals surface area contributed by atoms with Crippen LogP contribution in [-0.4, -0.2) is 46.0 Å². The molecule has 0 saturated heterocycles. The molecular formula is C25H28N4O4. The highest BCUT2D eigenvalue weighted by Crippen LogP contribution is 2.39. The molecule has 33 heavy (non-hydrogen) atoms. The zero-order chi connectivity index (χ0) is 23.3. The SMILES string of the molecule is CC1(C)CC(=O)N([C@@H]2CCOc3ccc(C(=O)N[C@@H]4c5ccccc5C[C@H]4O)cc32)C(N)=N1. The number of benzene rings is 2. The Balaban J connectivity index is 1.43. The van der Waals surface area contributed by atoms with Gasteiger partial charge >= 0.3 is 0 Å². The Kier molecular flexibility index (Phi) is 5.12. The molecule has 0 spiro atoms. The van der Waals surface area contributed by atoms with Crippen LogP contribution in [0.3, 0.4) is 0 Å². The Morgan fingerprint density at radius 2 is 2.03 bits per heavy atom. The number of carbonyl (C=O) groups excluding carboxylic acids is 2. The Labute approximate surface area is 192 Å². The van der Waals surface area contributed by atoms with Gasteiger partial charge in [-0.3, -0.25) is 14.5 Å². The summed E-state index contributed by atoms with van der Waals surface area (Å²) < 4.78 is 5.80. The van der Waals surface area contributed by atoms with E-state index >= 15 is 0 Å². The van der Waals surface area contributed by atoms with E-state index in [1.807, 2.05) is 38.1 Å². The molecule has 0 fully saturated rings. The average molecular weight is 449 g/mol. The highest BCUT2D eigenvalue weighted by atomic mass is 16.5. The molecular weight excluding hydrogens is 420 g/mol. The first-order valence-electron chi connectivity index (χ1n) is 11.2. The number of hydrogen-bond donors (Lipinski definition) is 3. The summed E-state index contributed by atoms with van der Waals surface area (Å²) in [6.45, 7) is 4.20. The Morgan fingerprint density at radius 3 is 2.82 bits per heavy atom. The van der Waals surface area contributed by atoms with E-state index in [4.69, 9.17) is 10.5 Å². The predicted molar refractivity (Wildman–Crippen MR) is 123 cm³/mol. The second kappa shape index (κ2) is 7.88. The molecule has 8 heteroatoms. The number of fused-ring (bicyclic) bond motifs is 2. The summed E-state index contributed by atoms with van der Waals surface area (Å²) in [5.41, 5.74) is 8.80. The van der Waals surface area contributed by atoms with Crippen LogP contribution in [0.4, 0.5) is 0 Å². The molecule has 0 radical (unpaired) electrons. The van der Waals surface area contributed by atoms with Crippen molar-refractivity contribution in [3.8, 4) is 5.75 Å². The van der Waals surface area contributed by atoms with Gasteiger partial charge in [0.05, 0.1) is 36.8 Å². The van der Waals surface area contributed by atoms with Crippen molar-refractivity contribution in [2.75, 3.05) is 6.61 Å².